The fourth-order valence-corrected chi connectivity index (χ4v) is 6.35. The molecule has 7 nitrogen and oxygen atoms in total. The van der Waals surface area contributed by atoms with E-state index in [1.54, 1.807) is 13.8 Å². The lowest BCUT2D eigenvalue weighted by Gasteiger charge is -2.28. The number of rotatable bonds is 8. The van der Waals surface area contributed by atoms with Crippen molar-refractivity contribution in [1.82, 2.24) is 9.03 Å². The summed E-state index contributed by atoms with van der Waals surface area (Å²) in [7, 11) is -7.56. The van der Waals surface area contributed by atoms with Crippen LogP contribution in [-0.4, -0.2) is 46.3 Å². The van der Waals surface area contributed by atoms with Gasteiger partial charge < -0.3 is 5.73 Å². The lowest BCUT2D eigenvalue weighted by Crippen LogP contribution is -2.51. The van der Waals surface area contributed by atoms with E-state index >= 15 is 0 Å². The number of sulfonamides is 2. The summed E-state index contributed by atoms with van der Waals surface area (Å²) in [6.45, 7) is 4.36. The van der Waals surface area contributed by atoms with Gasteiger partial charge in [0.1, 0.15) is 0 Å². The monoisotopic (exact) mass is 425 g/mol. The molecule has 10 heteroatoms. The van der Waals surface area contributed by atoms with Gasteiger partial charge in [-0.3, -0.25) is 0 Å². The Bertz CT molecular complexity index is 803. The van der Waals surface area contributed by atoms with E-state index in [1.165, 1.54) is 28.6 Å². The molecule has 26 heavy (non-hydrogen) atoms. The quantitative estimate of drug-likeness (QED) is 0.658. The Hall–Kier alpha value is -0.710. The summed E-state index contributed by atoms with van der Waals surface area (Å²) < 4.78 is 54.8. The van der Waals surface area contributed by atoms with Crippen LogP contribution in [0.3, 0.4) is 0 Å². The maximum Gasteiger partial charge on any atom is 0.243 e. The number of nitrogens with one attached hydrogen (secondary N) is 1. The van der Waals surface area contributed by atoms with Crippen LogP contribution in [0.25, 0.3) is 0 Å². The Morgan fingerprint density at radius 1 is 1.08 bits per heavy atom. The van der Waals surface area contributed by atoms with E-state index in [4.69, 9.17) is 5.73 Å². The van der Waals surface area contributed by atoms with Crippen molar-refractivity contribution in [1.29, 1.82) is 0 Å². The van der Waals surface area contributed by atoms with Gasteiger partial charge in [-0.05, 0) is 31.0 Å². The van der Waals surface area contributed by atoms with Gasteiger partial charge >= 0.3 is 0 Å². The van der Waals surface area contributed by atoms with Crippen LogP contribution in [0.1, 0.15) is 39.5 Å². The first kappa shape index (κ1) is 23.3. The molecule has 0 amide bonds. The first-order chi connectivity index (χ1) is 11.7. The molecule has 1 aromatic rings. The maximum absolute atomic E-state index is 12.8. The van der Waals surface area contributed by atoms with Crippen molar-refractivity contribution < 1.29 is 16.8 Å². The molecular formula is C16H28ClN3O4S2. The molecule has 0 aromatic heterocycles. The molecule has 1 fully saturated rings. The Morgan fingerprint density at radius 2 is 1.62 bits per heavy atom. The molecule has 1 aliphatic carbocycles. The molecule has 1 aromatic carbocycles. The Balaban J connectivity index is 0.00000338. The molecule has 2 rings (SSSR count). The second kappa shape index (κ2) is 8.99. The molecule has 1 saturated carbocycles. The van der Waals surface area contributed by atoms with E-state index in [9.17, 15) is 16.8 Å². The van der Waals surface area contributed by atoms with E-state index in [1.807, 2.05) is 0 Å². The highest BCUT2D eigenvalue weighted by Crippen LogP contribution is 2.30. The van der Waals surface area contributed by atoms with Crippen LogP contribution < -0.4 is 10.5 Å². The standard InChI is InChI=1S/C16H27N3O4S2.ClH/c1-3-19(4-2)25(22,23)15-9-7-8-14(12-15)24(20,21)18-16(13-17)10-5-6-11-16;/h7-9,12,18H,3-6,10-11,13,17H2,1-2H3;1H. The summed E-state index contributed by atoms with van der Waals surface area (Å²) in [4.78, 5) is -0.0762. The van der Waals surface area contributed by atoms with Crippen LogP contribution in [0.2, 0.25) is 0 Å². The normalized spacial score (nSPS) is 17.2. The average molecular weight is 426 g/mol. The largest absolute Gasteiger partial charge is 0.329 e. The van der Waals surface area contributed by atoms with Crippen molar-refractivity contribution in [3.8, 4) is 0 Å². The number of hydrogen-bond acceptors (Lipinski definition) is 5. The van der Waals surface area contributed by atoms with Gasteiger partial charge in [0.25, 0.3) is 0 Å². The molecule has 0 saturated heterocycles. The van der Waals surface area contributed by atoms with Crippen molar-refractivity contribution >= 4 is 32.5 Å². The first-order valence-corrected chi connectivity index (χ1v) is 11.5. The van der Waals surface area contributed by atoms with Gasteiger partial charge in [0.05, 0.1) is 9.79 Å². The second-order valence-corrected chi connectivity index (χ2v) is 9.98. The van der Waals surface area contributed by atoms with Gasteiger partial charge in [0, 0.05) is 25.2 Å². The molecule has 0 aliphatic heterocycles. The highest BCUT2D eigenvalue weighted by Gasteiger charge is 2.37. The molecule has 0 atom stereocenters. The topological polar surface area (TPSA) is 110 Å². The summed E-state index contributed by atoms with van der Waals surface area (Å²) >= 11 is 0. The summed E-state index contributed by atoms with van der Waals surface area (Å²) in [6.07, 6.45) is 3.24. The number of benzene rings is 1. The average Bonchev–Trinajstić information content (AvgIpc) is 3.04. The zero-order chi connectivity index (χ0) is 18.7. The van der Waals surface area contributed by atoms with Crippen LogP contribution in [-0.2, 0) is 20.0 Å². The highest BCUT2D eigenvalue weighted by atomic mass is 35.5. The van der Waals surface area contributed by atoms with Crippen molar-refractivity contribution in [3.63, 3.8) is 0 Å². The zero-order valence-electron chi connectivity index (χ0n) is 15.1. The first-order valence-electron chi connectivity index (χ1n) is 8.55. The molecule has 150 valence electrons. The molecular weight excluding hydrogens is 398 g/mol. The number of halogens is 1. The zero-order valence-corrected chi connectivity index (χ0v) is 17.6. The molecule has 1 aliphatic rings. The summed E-state index contributed by atoms with van der Waals surface area (Å²) in [5.41, 5.74) is 5.17. The minimum absolute atomic E-state index is 0. The maximum atomic E-state index is 12.8. The molecule has 0 spiro atoms. The summed E-state index contributed by atoms with van der Waals surface area (Å²) in [5, 5.41) is 0. The van der Waals surface area contributed by atoms with Crippen molar-refractivity contribution in [2.45, 2.75) is 54.9 Å². The van der Waals surface area contributed by atoms with Gasteiger partial charge in [-0.15, -0.1) is 12.4 Å². The summed E-state index contributed by atoms with van der Waals surface area (Å²) in [5.74, 6) is 0. The van der Waals surface area contributed by atoms with Crippen LogP contribution in [0.5, 0.6) is 0 Å². The Kier molecular flexibility index (Phi) is 8.06. The molecule has 0 radical (unpaired) electrons. The van der Waals surface area contributed by atoms with Crippen LogP contribution in [0.4, 0.5) is 0 Å². The molecule has 0 bridgehead atoms. The lowest BCUT2D eigenvalue weighted by molar-refractivity contribution is 0.399. The second-order valence-electron chi connectivity index (χ2n) is 6.36. The third kappa shape index (κ3) is 4.76. The summed E-state index contributed by atoms with van der Waals surface area (Å²) in [6, 6.07) is 5.49. The van der Waals surface area contributed by atoms with E-state index in [0.717, 1.165) is 12.8 Å². The van der Waals surface area contributed by atoms with E-state index < -0.39 is 25.6 Å². The predicted octanol–water partition coefficient (Wildman–Crippen LogP) is 1.69. The minimum atomic E-state index is -3.85. The number of hydrogen-bond donors (Lipinski definition) is 2. The fourth-order valence-electron chi connectivity index (χ4n) is 3.26. The van der Waals surface area contributed by atoms with E-state index in [0.29, 0.717) is 25.9 Å². The van der Waals surface area contributed by atoms with Crippen LogP contribution >= 0.6 is 12.4 Å². The predicted molar refractivity (Wildman–Crippen MR) is 104 cm³/mol. The van der Waals surface area contributed by atoms with Gasteiger partial charge in [-0.1, -0.05) is 32.8 Å². The van der Waals surface area contributed by atoms with Crippen LogP contribution in [0.15, 0.2) is 34.1 Å². The van der Waals surface area contributed by atoms with E-state index in [2.05, 4.69) is 4.72 Å². The Morgan fingerprint density at radius 3 is 2.12 bits per heavy atom. The lowest BCUT2D eigenvalue weighted by atomic mass is 10.0. The minimum Gasteiger partial charge on any atom is -0.329 e. The molecule has 0 unspecified atom stereocenters. The molecule has 0 heterocycles. The number of nitrogens with two attached hydrogens (primary N) is 1. The van der Waals surface area contributed by atoms with Gasteiger partial charge in [-0.2, -0.15) is 4.31 Å². The van der Waals surface area contributed by atoms with Gasteiger partial charge in [-0.25, -0.2) is 21.6 Å². The molecule has 3 N–H and O–H groups in total. The van der Waals surface area contributed by atoms with Crippen LogP contribution in [0, 0.1) is 0 Å². The third-order valence-electron chi connectivity index (χ3n) is 4.76. The highest BCUT2D eigenvalue weighted by molar-refractivity contribution is 7.90. The van der Waals surface area contributed by atoms with E-state index in [-0.39, 0.29) is 28.7 Å². The van der Waals surface area contributed by atoms with Gasteiger partial charge in [0.15, 0.2) is 0 Å². The SMILES string of the molecule is CCN(CC)S(=O)(=O)c1cccc(S(=O)(=O)NC2(CN)CCCC2)c1.Cl. The fraction of sp³-hybridized carbons (Fsp3) is 0.625. The smallest absolute Gasteiger partial charge is 0.243 e. The number of nitrogens with zero attached hydrogens (tertiary/aromatic N) is 1. The van der Waals surface area contributed by atoms with Crippen molar-refractivity contribution in [2.75, 3.05) is 19.6 Å². The van der Waals surface area contributed by atoms with Crippen molar-refractivity contribution in [3.05, 3.63) is 24.3 Å². The Labute approximate surface area is 162 Å². The van der Waals surface area contributed by atoms with Gasteiger partial charge in [0.2, 0.25) is 20.0 Å². The van der Waals surface area contributed by atoms with Crippen molar-refractivity contribution in [2.24, 2.45) is 5.73 Å². The third-order valence-corrected chi connectivity index (χ3v) is 8.38.